The predicted octanol–water partition coefficient (Wildman–Crippen LogP) is 0.665. The van der Waals surface area contributed by atoms with Crippen LogP contribution < -0.4 is 5.32 Å². The lowest BCUT2D eigenvalue weighted by Gasteiger charge is -2.35. The summed E-state index contributed by atoms with van der Waals surface area (Å²) in [6.07, 6.45) is 4.36. The predicted molar refractivity (Wildman–Crippen MR) is 65.8 cm³/mol. The third-order valence-corrected chi connectivity index (χ3v) is 4.06. The van der Waals surface area contributed by atoms with Gasteiger partial charge in [0.1, 0.15) is 6.10 Å². The molecule has 2 bridgehead atoms. The number of hydrogen-bond donors (Lipinski definition) is 3. The fourth-order valence-electron chi connectivity index (χ4n) is 2.95. The Morgan fingerprint density at radius 1 is 1.18 bits per heavy atom. The Kier molecular flexibility index (Phi) is 4.79. The van der Waals surface area contributed by atoms with Crippen LogP contribution in [-0.4, -0.2) is 47.7 Å². The summed E-state index contributed by atoms with van der Waals surface area (Å²) in [5, 5.41) is 23.3. The molecule has 4 nitrogen and oxygen atoms in total. The topological polar surface area (TPSA) is 61.7 Å². The molecule has 1 heterocycles. The van der Waals surface area contributed by atoms with E-state index in [0.29, 0.717) is 6.61 Å². The van der Waals surface area contributed by atoms with Crippen LogP contribution in [0, 0.1) is 5.92 Å². The van der Waals surface area contributed by atoms with Crippen molar-refractivity contribution < 1.29 is 14.9 Å². The zero-order chi connectivity index (χ0) is 12.3. The number of fused-ring (bicyclic) bond motifs is 2. The van der Waals surface area contributed by atoms with Crippen molar-refractivity contribution in [2.45, 2.75) is 63.4 Å². The van der Waals surface area contributed by atoms with E-state index in [-0.39, 0.29) is 18.1 Å². The van der Waals surface area contributed by atoms with Crippen molar-refractivity contribution in [1.82, 2.24) is 5.32 Å². The second kappa shape index (κ2) is 6.14. The summed E-state index contributed by atoms with van der Waals surface area (Å²) in [6.45, 7) is 3.75. The molecule has 0 aromatic heterocycles. The van der Waals surface area contributed by atoms with Crippen LogP contribution in [0.15, 0.2) is 0 Å². The first-order valence-corrected chi connectivity index (χ1v) is 6.95. The standard InChI is InChI=1S/C13H25NO3/c1-2-3-4-5-6-14-10-7-9-8-17-13(11(9)15)12(10)16/h9-16H,2-8H2,1H3/t9-,10-,11-,12+,13-/m1/s1. The van der Waals surface area contributed by atoms with Gasteiger partial charge in [0.25, 0.3) is 0 Å². The van der Waals surface area contributed by atoms with Gasteiger partial charge in [0.15, 0.2) is 0 Å². The molecule has 3 N–H and O–H groups in total. The second-order valence-electron chi connectivity index (χ2n) is 5.40. The van der Waals surface area contributed by atoms with E-state index in [9.17, 15) is 10.2 Å². The maximum Gasteiger partial charge on any atom is 0.111 e. The Labute approximate surface area is 103 Å². The minimum atomic E-state index is -0.560. The van der Waals surface area contributed by atoms with Gasteiger partial charge < -0.3 is 20.3 Å². The monoisotopic (exact) mass is 243 g/mol. The Morgan fingerprint density at radius 3 is 2.76 bits per heavy atom. The molecular formula is C13H25NO3. The minimum absolute atomic E-state index is 0.0949. The average molecular weight is 243 g/mol. The number of unbranched alkanes of at least 4 members (excludes halogenated alkanes) is 3. The molecule has 0 amide bonds. The molecule has 100 valence electrons. The van der Waals surface area contributed by atoms with Gasteiger partial charge in [-0.2, -0.15) is 0 Å². The van der Waals surface area contributed by atoms with Gasteiger partial charge in [0.2, 0.25) is 0 Å². The van der Waals surface area contributed by atoms with Crippen LogP contribution in [0.5, 0.6) is 0 Å². The molecule has 1 saturated carbocycles. The second-order valence-corrected chi connectivity index (χ2v) is 5.40. The van der Waals surface area contributed by atoms with Crippen LogP contribution in [-0.2, 0) is 4.74 Å². The van der Waals surface area contributed by atoms with Crippen LogP contribution in [0.2, 0.25) is 0 Å². The first-order valence-electron chi connectivity index (χ1n) is 6.95. The fourth-order valence-corrected chi connectivity index (χ4v) is 2.95. The van der Waals surface area contributed by atoms with Crippen LogP contribution in [0.3, 0.4) is 0 Å². The summed E-state index contributed by atoms with van der Waals surface area (Å²) in [5.74, 6) is 0.205. The molecule has 0 unspecified atom stereocenters. The molecule has 4 heteroatoms. The lowest BCUT2D eigenvalue weighted by molar-refractivity contribution is -0.0755. The van der Waals surface area contributed by atoms with Gasteiger partial charge >= 0.3 is 0 Å². The van der Waals surface area contributed by atoms with Gasteiger partial charge in [0, 0.05) is 12.0 Å². The SMILES string of the molecule is CCCCCCN[C@@H]1C[C@@H]2CO[C@H]([C@@H]2O)[C@H]1O. The van der Waals surface area contributed by atoms with Gasteiger partial charge in [0.05, 0.1) is 18.8 Å². The van der Waals surface area contributed by atoms with Gasteiger partial charge in [-0.05, 0) is 19.4 Å². The van der Waals surface area contributed by atoms with E-state index in [4.69, 9.17) is 4.74 Å². The first-order chi connectivity index (χ1) is 8.24. The summed E-state index contributed by atoms with van der Waals surface area (Å²) in [7, 11) is 0. The molecule has 0 aromatic carbocycles. The Bertz CT molecular complexity index is 237. The summed E-state index contributed by atoms with van der Waals surface area (Å²) in [4.78, 5) is 0. The smallest absolute Gasteiger partial charge is 0.111 e. The summed E-state index contributed by atoms with van der Waals surface area (Å²) in [6, 6.07) is 0.0949. The van der Waals surface area contributed by atoms with Crippen molar-refractivity contribution in [2.24, 2.45) is 5.92 Å². The van der Waals surface area contributed by atoms with Crippen molar-refractivity contribution in [3.05, 3.63) is 0 Å². The van der Waals surface area contributed by atoms with Crippen LogP contribution in [0.4, 0.5) is 0 Å². The van der Waals surface area contributed by atoms with E-state index in [1.165, 1.54) is 19.3 Å². The van der Waals surface area contributed by atoms with E-state index in [1.54, 1.807) is 0 Å². The first kappa shape index (κ1) is 13.3. The molecule has 1 aliphatic carbocycles. The van der Waals surface area contributed by atoms with Crippen LogP contribution in [0.1, 0.15) is 39.0 Å². The van der Waals surface area contributed by atoms with Crippen molar-refractivity contribution in [1.29, 1.82) is 0 Å². The van der Waals surface area contributed by atoms with E-state index in [2.05, 4.69) is 12.2 Å². The highest BCUT2D eigenvalue weighted by Gasteiger charge is 2.48. The highest BCUT2D eigenvalue weighted by Crippen LogP contribution is 2.34. The number of ether oxygens (including phenoxy) is 1. The summed E-state index contributed by atoms with van der Waals surface area (Å²) in [5.41, 5.74) is 0. The zero-order valence-electron chi connectivity index (χ0n) is 10.6. The lowest BCUT2D eigenvalue weighted by atomic mass is 9.82. The molecule has 1 saturated heterocycles. The number of aliphatic hydroxyl groups is 2. The minimum Gasteiger partial charge on any atom is -0.390 e. The van der Waals surface area contributed by atoms with Gasteiger partial charge in [-0.15, -0.1) is 0 Å². The van der Waals surface area contributed by atoms with Crippen molar-refractivity contribution in [3.8, 4) is 0 Å². The number of rotatable bonds is 6. The molecule has 5 atom stereocenters. The summed E-state index contributed by atoms with van der Waals surface area (Å²) >= 11 is 0. The number of nitrogens with one attached hydrogen (secondary N) is 1. The van der Waals surface area contributed by atoms with Gasteiger partial charge in [-0.3, -0.25) is 0 Å². The van der Waals surface area contributed by atoms with Crippen molar-refractivity contribution >= 4 is 0 Å². The third kappa shape index (κ3) is 2.99. The van der Waals surface area contributed by atoms with Crippen LogP contribution in [0.25, 0.3) is 0 Å². The van der Waals surface area contributed by atoms with E-state index >= 15 is 0 Å². The molecule has 0 aromatic rings. The lowest BCUT2D eigenvalue weighted by Crippen LogP contribution is -2.55. The Morgan fingerprint density at radius 2 is 2.00 bits per heavy atom. The fraction of sp³-hybridized carbons (Fsp3) is 1.00. The molecule has 0 radical (unpaired) electrons. The summed E-state index contributed by atoms with van der Waals surface area (Å²) < 4.78 is 5.44. The van der Waals surface area contributed by atoms with E-state index in [0.717, 1.165) is 19.4 Å². The largest absolute Gasteiger partial charge is 0.390 e. The normalized spacial score (nSPS) is 40.8. The highest BCUT2D eigenvalue weighted by atomic mass is 16.5. The highest BCUT2D eigenvalue weighted by molar-refractivity contribution is 5.00. The third-order valence-electron chi connectivity index (χ3n) is 4.06. The van der Waals surface area contributed by atoms with Crippen molar-refractivity contribution in [3.63, 3.8) is 0 Å². The molecule has 1 aliphatic heterocycles. The maximum absolute atomic E-state index is 10.1. The Hall–Kier alpha value is -0.160. The molecule has 0 spiro atoms. The molecule has 2 aliphatic rings. The molecule has 2 rings (SSSR count). The van der Waals surface area contributed by atoms with Gasteiger partial charge in [-0.1, -0.05) is 26.2 Å². The molecule has 17 heavy (non-hydrogen) atoms. The number of aliphatic hydroxyl groups excluding tert-OH is 2. The van der Waals surface area contributed by atoms with E-state index < -0.39 is 12.2 Å². The quantitative estimate of drug-likeness (QED) is 0.600. The van der Waals surface area contributed by atoms with Crippen molar-refractivity contribution in [2.75, 3.05) is 13.2 Å². The van der Waals surface area contributed by atoms with Gasteiger partial charge in [-0.25, -0.2) is 0 Å². The maximum atomic E-state index is 10.1. The average Bonchev–Trinajstić information content (AvgIpc) is 2.58. The molecule has 2 fully saturated rings. The zero-order valence-corrected chi connectivity index (χ0v) is 10.6. The Balaban J connectivity index is 1.71. The molecular weight excluding hydrogens is 218 g/mol. The van der Waals surface area contributed by atoms with Crippen LogP contribution >= 0.6 is 0 Å². The number of hydrogen-bond acceptors (Lipinski definition) is 4. The van der Waals surface area contributed by atoms with E-state index in [1.807, 2.05) is 0 Å².